The van der Waals surface area contributed by atoms with E-state index in [4.69, 9.17) is 9.47 Å². The number of ketones is 1. The second kappa shape index (κ2) is 6.31. The normalized spacial score (nSPS) is 45.4. The number of hydrogen-bond donors (Lipinski definition) is 1. The third-order valence-corrected chi connectivity index (χ3v) is 6.85. The smallest absolute Gasteiger partial charge is 0.315 e. The van der Waals surface area contributed by atoms with Gasteiger partial charge in [-0.05, 0) is 45.3 Å². The molecule has 4 aliphatic rings. The molecule has 0 amide bonds. The standard InChI is InChI=1S/C21H29NO4/c1-12-9-22(10-13(2)25-12)11-16-15-5-7-21(4)8-6-17(23)14(3)18(21)19(15)26-20(16)24/h6,8,12-13,15-16,19H,5,7,9-11H2,1-4H3/p+1/t12-,13-,15+,16-,19-,21-/m1/s1. The van der Waals surface area contributed by atoms with E-state index in [2.05, 4.69) is 20.8 Å². The Morgan fingerprint density at radius 3 is 2.62 bits per heavy atom. The summed E-state index contributed by atoms with van der Waals surface area (Å²) in [5.41, 5.74) is 1.68. The SMILES string of the molecule is CC1=C2[C@@H]3OC(=O)[C@H](C[NH+]4C[C@@H](C)O[C@H](C)C4)[C@@H]3CC[C@]2(C)C=CC1=O. The summed E-state index contributed by atoms with van der Waals surface area (Å²) >= 11 is 0. The zero-order valence-electron chi connectivity index (χ0n) is 16.2. The van der Waals surface area contributed by atoms with Gasteiger partial charge >= 0.3 is 5.97 Å². The van der Waals surface area contributed by atoms with Gasteiger partial charge in [-0.1, -0.05) is 13.0 Å². The molecule has 0 radical (unpaired) electrons. The molecule has 5 nitrogen and oxygen atoms in total. The molecule has 0 bridgehead atoms. The van der Waals surface area contributed by atoms with Crippen molar-refractivity contribution < 1.29 is 24.0 Å². The van der Waals surface area contributed by atoms with Gasteiger partial charge in [-0.3, -0.25) is 9.59 Å². The fraction of sp³-hybridized carbons (Fsp3) is 0.714. The molecule has 3 fully saturated rings. The van der Waals surface area contributed by atoms with Crippen LogP contribution in [0.25, 0.3) is 0 Å². The summed E-state index contributed by atoms with van der Waals surface area (Å²) in [6.07, 6.45) is 5.88. The van der Waals surface area contributed by atoms with Gasteiger partial charge in [0.1, 0.15) is 37.3 Å². The minimum Gasteiger partial charge on any atom is -0.457 e. The summed E-state index contributed by atoms with van der Waals surface area (Å²) in [4.78, 5) is 26.4. The van der Waals surface area contributed by atoms with Crippen molar-refractivity contribution in [1.29, 1.82) is 0 Å². The minimum atomic E-state index is -0.226. The molecule has 1 N–H and O–H groups in total. The lowest BCUT2D eigenvalue weighted by atomic mass is 9.61. The lowest BCUT2D eigenvalue weighted by molar-refractivity contribution is -0.917. The molecular formula is C21H30NO4+. The van der Waals surface area contributed by atoms with Crippen molar-refractivity contribution in [1.82, 2.24) is 0 Å². The van der Waals surface area contributed by atoms with Crippen molar-refractivity contribution in [2.75, 3.05) is 19.6 Å². The van der Waals surface area contributed by atoms with Crippen LogP contribution in [-0.4, -0.2) is 49.7 Å². The van der Waals surface area contributed by atoms with Gasteiger partial charge in [0.15, 0.2) is 5.78 Å². The number of esters is 1. The average Bonchev–Trinajstić information content (AvgIpc) is 2.86. The first-order valence-electron chi connectivity index (χ1n) is 9.93. The second-order valence-corrected chi connectivity index (χ2v) is 8.94. The largest absolute Gasteiger partial charge is 0.457 e. The van der Waals surface area contributed by atoms with Gasteiger partial charge in [-0.25, -0.2) is 0 Å². The minimum absolute atomic E-state index is 0.0547. The Labute approximate surface area is 155 Å². The topological polar surface area (TPSA) is 57.0 Å². The van der Waals surface area contributed by atoms with Crippen LogP contribution < -0.4 is 4.90 Å². The van der Waals surface area contributed by atoms with Crippen molar-refractivity contribution in [3.05, 3.63) is 23.3 Å². The van der Waals surface area contributed by atoms with Gasteiger partial charge in [0.25, 0.3) is 0 Å². The first-order valence-corrected chi connectivity index (χ1v) is 9.93. The van der Waals surface area contributed by atoms with Crippen LogP contribution in [0.3, 0.4) is 0 Å². The second-order valence-electron chi connectivity index (χ2n) is 8.94. The Hall–Kier alpha value is -1.46. The maximum atomic E-state index is 12.8. The molecule has 4 rings (SSSR count). The van der Waals surface area contributed by atoms with Gasteiger partial charge in [0.05, 0.1) is 6.54 Å². The molecule has 0 aromatic rings. The number of carbonyl (C=O) groups excluding carboxylic acids is 2. The van der Waals surface area contributed by atoms with Crippen LogP contribution in [0, 0.1) is 17.3 Å². The summed E-state index contributed by atoms with van der Waals surface area (Å²) in [5.74, 6) is 0.101. The number of fused-ring (bicyclic) bond motifs is 3. The molecule has 0 spiro atoms. The van der Waals surface area contributed by atoms with Crippen molar-refractivity contribution in [2.24, 2.45) is 17.3 Å². The van der Waals surface area contributed by atoms with E-state index in [9.17, 15) is 9.59 Å². The van der Waals surface area contributed by atoms with E-state index in [1.54, 1.807) is 6.08 Å². The Morgan fingerprint density at radius 1 is 1.23 bits per heavy atom. The van der Waals surface area contributed by atoms with E-state index in [0.717, 1.165) is 43.6 Å². The quantitative estimate of drug-likeness (QED) is 0.749. The van der Waals surface area contributed by atoms with Crippen LogP contribution in [-0.2, 0) is 19.1 Å². The van der Waals surface area contributed by atoms with E-state index in [0.29, 0.717) is 0 Å². The lowest BCUT2D eigenvalue weighted by Gasteiger charge is -2.43. The number of morpholine rings is 1. The molecule has 2 saturated heterocycles. The fourth-order valence-electron chi connectivity index (χ4n) is 5.67. The molecule has 2 heterocycles. The van der Waals surface area contributed by atoms with Crippen LogP contribution >= 0.6 is 0 Å². The molecule has 2 aliphatic carbocycles. The summed E-state index contributed by atoms with van der Waals surface area (Å²) in [7, 11) is 0. The summed E-state index contributed by atoms with van der Waals surface area (Å²) in [5, 5.41) is 0. The molecule has 2 aliphatic heterocycles. The van der Waals surface area contributed by atoms with Gasteiger partial charge in [0.2, 0.25) is 0 Å². The van der Waals surface area contributed by atoms with Gasteiger partial charge in [0, 0.05) is 16.9 Å². The van der Waals surface area contributed by atoms with Crippen LogP contribution in [0.1, 0.15) is 40.5 Å². The van der Waals surface area contributed by atoms with Crippen molar-refractivity contribution in [3.8, 4) is 0 Å². The molecule has 6 atom stereocenters. The highest BCUT2D eigenvalue weighted by atomic mass is 16.6. The van der Waals surface area contributed by atoms with Crippen LogP contribution in [0.2, 0.25) is 0 Å². The monoisotopic (exact) mass is 360 g/mol. The number of carbonyl (C=O) groups is 2. The molecule has 0 aromatic carbocycles. The molecule has 142 valence electrons. The summed E-state index contributed by atoms with van der Waals surface area (Å²) in [6, 6.07) is 0. The molecule has 5 heteroatoms. The molecule has 1 saturated carbocycles. The number of rotatable bonds is 2. The number of nitrogens with one attached hydrogen (secondary N) is 1. The van der Waals surface area contributed by atoms with Gasteiger partial charge in [-0.15, -0.1) is 0 Å². The predicted octanol–water partition coefficient (Wildman–Crippen LogP) is 1.09. The van der Waals surface area contributed by atoms with Crippen molar-refractivity contribution in [3.63, 3.8) is 0 Å². The Kier molecular flexibility index (Phi) is 4.35. The fourth-order valence-corrected chi connectivity index (χ4v) is 5.67. The third-order valence-electron chi connectivity index (χ3n) is 6.85. The Bertz CT molecular complexity index is 686. The zero-order valence-corrected chi connectivity index (χ0v) is 16.2. The number of hydrogen-bond acceptors (Lipinski definition) is 4. The maximum Gasteiger partial charge on any atom is 0.315 e. The van der Waals surface area contributed by atoms with Crippen LogP contribution in [0.15, 0.2) is 23.3 Å². The number of ether oxygens (including phenoxy) is 2. The molecule has 0 aromatic heterocycles. The van der Waals surface area contributed by atoms with Crippen molar-refractivity contribution in [2.45, 2.75) is 58.8 Å². The highest BCUT2D eigenvalue weighted by molar-refractivity contribution is 6.05. The molecule has 26 heavy (non-hydrogen) atoms. The van der Waals surface area contributed by atoms with Crippen LogP contribution in [0.4, 0.5) is 0 Å². The predicted molar refractivity (Wildman–Crippen MR) is 96.6 cm³/mol. The van der Waals surface area contributed by atoms with E-state index >= 15 is 0 Å². The van der Waals surface area contributed by atoms with E-state index < -0.39 is 0 Å². The number of allylic oxidation sites excluding steroid dienone is 3. The Balaban J connectivity index is 1.57. The number of quaternary nitrogens is 1. The maximum absolute atomic E-state index is 12.8. The van der Waals surface area contributed by atoms with Crippen LogP contribution in [0.5, 0.6) is 0 Å². The lowest BCUT2D eigenvalue weighted by Crippen LogP contribution is -3.16. The van der Waals surface area contributed by atoms with E-state index in [1.807, 2.05) is 13.0 Å². The first kappa shape index (κ1) is 17.9. The highest BCUT2D eigenvalue weighted by Crippen LogP contribution is 2.52. The van der Waals surface area contributed by atoms with E-state index in [1.165, 1.54) is 4.90 Å². The third kappa shape index (κ3) is 2.85. The summed E-state index contributed by atoms with van der Waals surface area (Å²) < 4.78 is 11.7. The zero-order chi connectivity index (χ0) is 18.6. The first-order chi connectivity index (χ1) is 12.3. The molecule has 0 unspecified atom stereocenters. The summed E-state index contributed by atoms with van der Waals surface area (Å²) in [6.45, 7) is 10.9. The van der Waals surface area contributed by atoms with Crippen molar-refractivity contribution >= 4 is 11.8 Å². The average molecular weight is 360 g/mol. The molecular weight excluding hydrogens is 330 g/mol. The Morgan fingerprint density at radius 2 is 1.92 bits per heavy atom. The van der Waals surface area contributed by atoms with E-state index in [-0.39, 0.29) is 47.3 Å². The van der Waals surface area contributed by atoms with Gasteiger partial charge < -0.3 is 14.4 Å². The van der Waals surface area contributed by atoms with Gasteiger partial charge in [-0.2, -0.15) is 0 Å². The highest BCUT2D eigenvalue weighted by Gasteiger charge is 2.55.